The number of pyridine rings is 1. The molecule has 0 unspecified atom stereocenters. The second kappa shape index (κ2) is 6.16. The van der Waals surface area contributed by atoms with Crippen LogP contribution in [0, 0.1) is 34.3 Å². The molecule has 0 saturated carbocycles. The van der Waals surface area contributed by atoms with Crippen molar-refractivity contribution >= 4 is 5.82 Å². The van der Waals surface area contributed by atoms with E-state index in [4.69, 9.17) is 15.7 Å². The Labute approximate surface area is 129 Å². The molecule has 1 aromatic heterocycles. The summed E-state index contributed by atoms with van der Waals surface area (Å²) in [5.41, 5.74) is 2.38. The molecule has 116 valence electrons. The highest BCUT2D eigenvalue weighted by molar-refractivity contribution is 5.81. The summed E-state index contributed by atoms with van der Waals surface area (Å²) in [4.78, 5) is 13.9. The van der Waals surface area contributed by atoms with E-state index in [2.05, 4.69) is 4.98 Å². The van der Waals surface area contributed by atoms with Crippen molar-refractivity contribution in [3.8, 4) is 29.0 Å². The number of halogens is 2. The topological polar surface area (TPSA) is 116 Å². The largest absolute Gasteiger partial charge is 0.491 e. The van der Waals surface area contributed by atoms with Gasteiger partial charge in [0.25, 0.3) is 5.56 Å². The Kier molecular flexibility index (Phi) is 4.28. The van der Waals surface area contributed by atoms with Crippen molar-refractivity contribution in [2.45, 2.75) is 6.92 Å². The SMILES string of the molecule is CCOc1ccc(F)c(-c2c(C#N)c(N)[nH]c(=O)c2C#N)c1F. The Bertz CT molecular complexity index is 923. The van der Waals surface area contributed by atoms with E-state index < -0.39 is 39.4 Å². The van der Waals surface area contributed by atoms with E-state index >= 15 is 0 Å². The first-order valence-electron chi connectivity index (χ1n) is 6.43. The summed E-state index contributed by atoms with van der Waals surface area (Å²) in [7, 11) is 0. The molecule has 0 spiro atoms. The first kappa shape index (κ1) is 16.0. The molecule has 23 heavy (non-hydrogen) atoms. The summed E-state index contributed by atoms with van der Waals surface area (Å²) >= 11 is 0. The summed E-state index contributed by atoms with van der Waals surface area (Å²) in [6.45, 7) is 1.73. The van der Waals surface area contributed by atoms with Crippen molar-refractivity contribution in [2.24, 2.45) is 0 Å². The number of anilines is 1. The number of nitrogens with one attached hydrogen (secondary N) is 1. The number of H-pyrrole nitrogens is 1. The van der Waals surface area contributed by atoms with Crippen LogP contribution in [0.25, 0.3) is 11.1 Å². The van der Waals surface area contributed by atoms with E-state index in [-0.39, 0.29) is 18.2 Å². The minimum atomic E-state index is -1.12. The maximum absolute atomic E-state index is 14.6. The zero-order valence-electron chi connectivity index (χ0n) is 11.9. The number of ether oxygens (including phenoxy) is 1. The molecule has 3 N–H and O–H groups in total. The fourth-order valence-electron chi connectivity index (χ4n) is 2.12. The van der Waals surface area contributed by atoms with E-state index in [1.165, 1.54) is 0 Å². The van der Waals surface area contributed by atoms with Crippen LogP contribution in [-0.2, 0) is 0 Å². The minimum absolute atomic E-state index is 0.121. The number of aromatic nitrogens is 1. The standard InChI is InChI=1S/C15H10F2N4O2/c1-2-23-10-4-3-9(16)12(13(10)17)11-7(5-18)14(20)21-15(22)8(11)6-19/h3-4H,2H2,1H3,(H3,20,21,22). The zero-order valence-corrected chi connectivity index (χ0v) is 11.9. The number of nitrogens with zero attached hydrogens (tertiary/aromatic N) is 2. The third-order valence-corrected chi connectivity index (χ3v) is 3.07. The van der Waals surface area contributed by atoms with Crippen LogP contribution in [0.3, 0.4) is 0 Å². The van der Waals surface area contributed by atoms with Gasteiger partial charge in [0.1, 0.15) is 34.9 Å². The molecule has 0 saturated heterocycles. The lowest BCUT2D eigenvalue weighted by Gasteiger charge is -2.13. The van der Waals surface area contributed by atoms with Gasteiger partial charge in [0.15, 0.2) is 11.6 Å². The Morgan fingerprint density at radius 1 is 1.22 bits per heavy atom. The molecule has 0 amide bonds. The lowest BCUT2D eigenvalue weighted by Crippen LogP contribution is -2.17. The molecule has 0 radical (unpaired) electrons. The molecule has 1 aromatic carbocycles. The molecule has 0 aliphatic carbocycles. The normalized spacial score (nSPS) is 9.96. The average Bonchev–Trinajstić information content (AvgIpc) is 2.50. The van der Waals surface area contributed by atoms with Gasteiger partial charge >= 0.3 is 0 Å². The summed E-state index contributed by atoms with van der Waals surface area (Å²) < 4.78 is 33.8. The molecular weight excluding hydrogens is 306 g/mol. The maximum Gasteiger partial charge on any atom is 0.268 e. The third kappa shape index (κ3) is 2.58. The van der Waals surface area contributed by atoms with Crippen LogP contribution in [0.2, 0.25) is 0 Å². The molecule has 6 nitrogen and oxygen atoms in total. The van der Waals surface area contributed by atoms with Crippen molar-refractivity contribution < 1.29 is 13.5 Å². The summed E-state index contributed by atoms with van der Waals surface area (Å²) in [5, 5.41) is 18.3. The predicted molar refractivity (Wildman–Crippen MR) is 77.4 cm³/mol. The Morgan fingerprint density at radius 2 is 1.87 bits per heavy atom. The molecule has 2 rings (SSSR count). The van der Waals surface area contributed by atoms with E-state index in [1.807, 2.05) is 0 Å². The zero-order chi connectivity index (χ0) is 17.1. The predicted octanol–water partition coefficient (Wildman–Crippen LogP) is 2.04. The van der Waals surface area contributed by atoms with Gasteiger partial charge in [-0.2, -0.15) is 10.5 Å². The highest BCUT2D eigenvalue weighted by Crippen LogP contribution is 2.36. The Morgan fingerprint density at radius 3 is 2.43 bits per heavy atom. The van der Waals surface area contributed by atoms with Crippen LogP contribution in [0.4, 0.5) is 14.6 Å². The van der Waals surface area contributed by atoms with Gasteiger partial charge in [0, 0.05) is 5.56 Å². The molecule has 0 fully saturated rings. The lowest BCUT2D eigenvalue weighted by molar-refractivity contribution is 0.321. The fourth-order valence-corrected chi connectivity index (χ4v) is 2.12. The smallest absolute Gasteiger partial charge is 0.268 e. The van der Waals surface area contributed by atoms with Crippen LogP contribution in [0.1, 0.15) is 18.1 Å². The van der Waals surface area contributed by atoms with Gasteiger partial charge in [-0.25, -0.2) is 8.78 Å². The number of aromatic amines is 1. The van der Waals surface area contributed by atoms with Crippen LogP contribution < -0.4 is 16.0 Å². The van der Waals surface area contributed by atoms with E-state index in [0.717, 1.165) is 12.1 Å². The van der Waals surface area contributed by atoms with Gasteiger partial charge in [-0.3, -0.25) is 4.79 Å². The fraction of sp³-hybridized carbons (Fsp3) is 0.133. The Hall–Kier alpha value is -3.39. The number of hydrogen-bond acceptors (Lipinski definition) is 5. The number of benzene rings is 1. The van der Waals surface area contributed by atoms with Gasteiger partial charge in [-0.1, -0.05) is 0 Å². The molecule has 1 heterocycles. The highest BCUT2D eigenvalue weighted by Gasteiger charge is 2.25. The molecule has 0 bridgehead atoms. The monoisotopic (exact) mass is 316 g/mol. The summed E-state index contributed by atoms with van der Waals surface area (Å²) in [6, 6.07) is 5.19. The quantitative estimate of drug-likeness (QED) is 0.899. The molecular formula is C15H10F2N4O2. The van der Waals surface area contributed by atoms with Crippen LogP contribution in [0.15, 0.2) is 16.9 Å². The van der Waals surface area contributed by atoms with E-state index in [0.29, 0.717) is 0 Å². The maximum atomic E-state index is 14.6. The van der Waals surface area contributed by atoms with E-state index in [1.54, 1.807) is 19.1 Å². The summed E-state index contributed by atoms with van der Waals surface area (Å²) in [5.74, 6) is -2.82. The van der Waals surface area contributed by atoms with Crippen LogP contribution in [0.5, 0.6) is 5.75 Å². The van der Waals surface area contributed by atoms with Crippen molar-refractivity contribution in [1.82, 2.24) is 4.98 Å². The summed E-state index contributed by atoms with van der Waals surface area (Å²) in [6.07, 6.45) is 0. The van der Waals surface area contributed by atoms with Crippen molar-refractivity contribution in [3.05, 3.63) is 45.2 Å². The van der Waals surface area contributed by atoms with Crippen LogP contribution >= 0.6 is 0 Å². The molecule has 0 aliphatic rings. The first-order chi connectivity index (χ1) is 11.0. The van der Waals surface area contributed by atoms with Gasteiger partial charge in [0.2, 0.25) is 0 Å². The second-order valence-corrected chi connectivity index (χ2v) is 4.38. The van der Waals surface area contributed by atoms with Crippen molar-refractivity contribution in [2.75, 3.05) is 12.3 Å². The van der Waals surface area contributed by atoms with Gasteiger partial charge in [-0.15, -0.1) is 0 Å². The second-order valence-electron chi connectivity index (χ2n) is 4.38. The highest BCUT2D eigenvalue weighted by atomic mass is 19.1. The lowest BCUT2D eigenvalue weighted by atomic mass is 9.95. The van der Waals surface area contributed by atoms with Gasteiger partial charge in [-0.05, 0) is 19.1 Å². The van der Waals surface area contributed by atoms with E-state index in [9.17, 15) is 18.8 Å². The minimum Gasteiger partial charge on any atom is -0.491 e. The Balaban J connectivity index is 2.99. The molecule has 8 heteroatoms. The average molecular weight is 316 g/mol. The molecule has 0 atom stereocenters. The number of nitriles is 2. The number of hydrogen-bond donors (Lipinski definition) is 2. The van der Waals surface area contributed by atoms with Crippen LogP contribution in [-0.4, -0.2) is 11.6 Å². The third-order valence-electron chi connectivity index (χ3n) is 3.07. The number of nitrogen functional groups attached to an aromatic ring is 1. The number of rotatable bonds is 3. The molecule has 0 aliphatic heterocycles. The molecule has 2 aromatic rings. The number of nitrogens with two attached hydrogens (primary N) is 1. The van der Waals surface area contributed by atoms with Gasteiger partial charge < -0.3 is 15.5 Å². The van der Waals surface area contributed by atoms with Gasteiger partial charge in [0.05, 0.1) is 12.2 Å². The van der Waals surface area contributed by atoms with Crippen molar-refractivity contribution in [3.63, 3.8) is 0 Å². The first-order valence-corrected chi connectivity index (χ1v) is 6.43. The van der Waals surface area contributed by atoms with Crippen molar-refractivity contribution in [1.29, 1.82) is 10.5 Å².